The van der Waals surface area contributed by atoms with Gasteiger partial charge < -0.3 is 5.73 Å². The van der Waals surface area contributed by atoms with E-state index in [1.165, 1.54) is 30.4 Å². The Labute approximate surface area is 127 Å². The highest BCUT2D eigenvalue weighted by molar-refractivity contribution is 7.89. The molecule has 0 aliphatic rings. The lowest BCUT2D eigenvalue weighted by atomic mass is 10.1. The maximum atomic E-state index is 13.7. The summed E-state index contributed by atoms with van der Waals surface area (Å²) in [6, 6.07) is 2.60. The first-order chi connectivity index (χ1) is 9.85. The van der Waals surface area contributed by atoms with Crippen LogP contribution in [-0.4, -0.2) is 8.42 Å². The van der Waals surface area contributed by atoms with E-state index in [4.69, 9.17) is 5.73 Å². The van der Waals surface area contributed by atoms with Crippen LogP contribution in [0.2, 0.25) is 0 Å². The largest absolute Gasteiger partial charge is 0.326 e. The van der Waals surface area contributed by atoms with E-state index >= 15 is 0 Å². The van der Waals surface area contributed by atoms with E-state index in [0.29, 0.717) is 0 Å². The average molecular weight is 328 g/mol. The molecule has 114 valence electrons. The molecule has 0 unspecified atom stereocenters. The topological polar surface area (TPSA) is 72.2 Å². The molecule has 3 N–H and O–H groups in total. The lowest BCUT2D eigenvalue weighted by Crippen LogP contribution is -2.24. The van der Waals surface area contributed by atoms with Gasteiger partial charge in [-0.15, -0.1) is 0 Å². The summed E-state index contributed by atoms with van der Waals surface area (Å²) in [6.45, 7) is 3.62. The van der Waals surface area contributed by atoms with Gasteiger partial charge in [0, 0.05) is 18.7 Å². The second-order valence-electron chi connectivity index (χ2n) is 4.82. The molecule has 0 atom stereocenters. The Kier molecular flexibility index (Phi) is 4.77. The first-order valence-electron chi connectivity index (χ1n) is 6.35. The van der Waals surface area contributed by atoms with E-state index < -0.39 is 15.8 Å². The lowest BCUT2D eigenvalue weighted by Gasteiger charge is -2.10. The predicted molar refractivity (Wildman–Crippen MR) is 82.1 cm³/mol. The van der Waals surface area contributed by atoms with Crippen LogP contribution in [0.25, 0.3) is 0 Å². The molecule has 21 heavy (non-hydrogen) atoms. The first kappa shape index (κ1) is 16.1. The number of hydrogen-bond acceptors (Lipinski definition) is 4. The molecule has 2 aromatic rings. The van der Waals surface area contributed by atoms with E-state index in [9.17, 15) is 12.8 Å². The van der Waals surface area contributed by atoms with Crippen molar-refractivity contribution in [3.8, 4) is 0 Å². The van der Waals surface area contributed by atoms with E-state index in [-0.39, 0.29) is 29.1 Å². The Morgan fingerprint density at radius 3 is 2.48 bits per heavy atom. The highest BCUT2D eigenvalue weighted by Crippen LogP contribution is 2.20. The fraction of sp³-hybridized carbons (Fsp3) is 0.286. The minimum atomic E-state index is -3.69. The van der Waals surface area contributed by atoms with Gasteiger partial charge in [0.15, 0.2) is 0 Å². The number of benzene rings is 1. The lowest BCUT2D eigenvalue weighted by molar-refractivity contribution is 0.577. The summed E-state index contributed by atoms with van der Waals surface area (Å²) < 4.78 is 40.9. The Hall–Kier alpha value is -1.28. The summed E-state index contributed by atoms with van der Waals surface area (Å²) >= 11 is 1.52. The number of hydrogen-bond donors (Lipinski definition) is 2. The monoisotopic (exact) mass is 328 g/mol. The summed E-state index contributed by atoms with van der Waals surface area (Å²) in [7, 11) is -3.69. The predicted octanol–water partition coefficient (Wildman–Crippen LogP) is 2.44. The molecule has 0 fully saturated rings. The number of aryl methyl sites for hydroxylation is 2. The molecule has 0 amide bonds. The van der Waals surface area contributed by atoms with Crippen molar-refractivity contribution in [1.29, 1.82) is 0 Å². The molecule has 0 aliphatic carbocycles. The molecule has 0 saturated heterocycles. The summed E-state index contributed by atoms with van der Waals surface area (Å²) in [4.78, 5) is 0.0368. The van der Waals surface area contributed by atoms with Crippen molar-refractivity contribution >= 4 is 21.4 Å². The molecule has 0 radical (unpaired) electrons. The smallest absolute Gasteiger partial charge is 0.240 e. The zero-order chi connectivity index (χ0) is 15.6. The molecule has 2 rings (SSSR count). The van der Waals surface area contributed by atoms with Gasteiger partial charge in [0.25, 0.3) is 0 Å². The zero-order valence-electron chi connectivity index (χ0n) is 11.8. The second-order valence-corrected chi connectivity index (χ2v) is 7.33. The van der Waals surface area contributed by atoms with Gasteiger partial charge in [-0.05, 0) is 53.4 Å². The summed E-state index contributed by atoms with van der Waals surface area (Å²) in [5.41, 5.74) is 7.89. The maximum absolute atomic E-state index is 13.7. The number of sulfonamides is 1. The quantitative estimate of drug-likeness (QED) is 0.885. The van der Waals surface area contributed by atoms with Crippen molar-refractivity contribution in [2.45, 2.75) is 31.8 Å². The SMILES string of the molecule is Cc1cscc1CNS(=O)(=O)c1cc(C)c(F)c(CN)c1. The van der Waals surface area contributed by atoms with Crippen molar-refractivity contribution < 1.29 is 12.8 Å². The van der Waals surface area contributed by atoms with Crippen molar-refractivity contribution in [2.75, 3.05) is 0 Å². The number of thiophene rings is 1. The number of halogens is 1. The Morgan fingerprint density at radius 1 is 1.19 bits per heavy atom. The molecule has 1 aromatic heterocycles. The van der Waals surface area contributed by atoms with Gasteiger partial charge in [0.2, 0.25) is 10.0 Å². The summed E-state index contributed by atoms with van der Waals surface area (Å²) in [5.74, 6) is -0.454. The highest BCUT2D eigenvalue weighted by atomic mass is 32.2. The number of nitrogens with one attached hydrogen (secondary N) is 1. The Balaban J connectivity index is 2.27. The molecule has 7 heteroatoms. The van der Waals surface area contributed by atoms with Gasteiger partial charge in [0.05, 0.1) is 4.90 Å². The van der Waals surface area contributed by atoms with E-state index in [1.54, 1.807) is 0 Å². The van der Waals surface area contributed by atoms with Crippen molar-refractivity contribution in [2.24, 2.45) is 5.73 Å². The molecule has 1 aromatic carbocycles. The molecule has 1 heterocycles. The second kappa shape index (κ2) is 6.23. The van der Waals surface area contributed by atoms with Crippen LogP contribution < -0.4 is 10.5 Å². The van der Waals surface area contributed by atoms with Crippen LogP contribution in [0.15, 0.2) is 27.8 Å². The van der Waals surface area contributed by atoms with Gasteiger partial charge in [0.1, 0.15) is 5.82 Å². The Morgan fingerprint density at radius 2 is 1.90 bits per heavy atom. The van der Waals surface area contributed by atoms with Gasteiger partial charge in [-0.3, -0.25) is 0 Å². The van der Waals surface area contributed by atoms with Gasteiger partial charge in [-0.1, -0.05) is 0 Å². The third-order valence-electron chi connectivity index (χ3n) is 3.25. The van der Waals surface area contributed by atoms with Crippen LogP contribution >= 0.6 is 11.3 Å². The molecule has 0 bridgehead atoms. The van der Waals surface area contributed by atoms with Crippen LogP contribution in [0.1, 0.15) is 22.3 Å². The minimum absolute atomic E-state index is 0.0368. The molecule has 0 spiro atoms. The molecule has 0 aliphatic heterocycles. The first-order valence-corrected chi connectivity index (χ1v) is 8.78. The van der Waals surface area contributed by atoms with Crippen LogP contribution in [0, 0.1) is 19.7 Å². The van der Waals surface area contributed by atoms with Crippen molar-refractivity contribution in [3.63, 3.8) is 0 Å². The van der Waals surface area contributed by atoms with E-state index in [0.717, 1.165) is 11.1 Å². The van der Waals surface area contributed by atoms with Crippen molar-refractivity contribution in [3.05, 3.63) is 51.0 Å². The Bertz CT molecular complexity index is 754. The zero-order valence-corrected chi connectivity index (χ0v) is 13.4. The molecular formula is C14H17FN2O2S2. The van der Waals surface area contributed by atoms with Gasteiger partial charge >= 0.3 is 0 Å². The fourth-order valence-electron chi connectivity index (χ4n) is 1.93. The molecule has 4 nitrogen and oxygen atoms in total. The molecular weight excluding hydrogens is 311 g/mol. The number of rotatable bonds is 5. The standard InChI is InChI=1S/C14H17FN2O2S2/c1-9-3-13(4-11(5-16)14(9)15)21(18,19)17-6-12-8-20-7-10(12)2/h3-4,7-8,17H,5-6,16H2,1-2H3. The third kappa shape index (κ3) is 3.49. The third-order valence-corrected chi connectivity index (χ3v) is 5.54. The van der Waals surface area contributed by atoms with Gasteiger partial charge in [-0.2, -0.15) is 11.3 Å². The fourth-order valence-corrected chi connectivity index (χ4v) is 3.93. The maximum Gasteiger partial charge on any atom is 0.240 e. The van der Waals surface area contributed by atoms with Crippen molar-refractivity contribution in [1.82, 2.24) is 4.72 Å². The molecule has 0 saturated carbocycles. The van der Waals surface area contributed by atoms with Crippen LogP contribution in [0.5, 0.6) is 0 Å². The van der Waals surface area contributed by atoms with E-state index in [1.807, 2.05) is 17.7 Å². The minimum Gasteiger partial charge on any atom is -0.326 e. The van der Waals surface area contributed by atoms with E-state index in [2.05, 4.69) is 4.72 Å². The highest BCUT2D eigenvalue weighted by Gasteiger charge is 2.18. The average Bonchev–Trinajstić information content (AvgIpc) is 2.85. The summed E-state index contributed by atoms with van der Waals surface area (Å²) in [6.07, 6.45) is 0. The summed E-state index contributed by atoms with van der Waals surface area (Å²) in [5, 5.41) is 3.86. The van der Waals surface area contributed by atoms with Crippen LogP contribution in [0.4, 0.5) is 4.39 Å². The van der Waals surface area contributed by atoms with Gasteiger partial charge in [-0.25, -0.2) is 17.5 Å². The normalized spacial score (nSPS) is 11.8. The van der Waals surface area contributed by atoms with Crippen LogP contribution in [-0.2, 0) is 23.1 Å². The number of nitrogens with two attached hydrogens (primary N) is 1. The van der Waals surface area contributed by atoms with Crippen LogP contribution in [0.3, 0.4) is 0 Å².